The van der Waals surface area contributed by atoms with E-state index in [1.807, 2.05) is 24.3 Å². The van der Waals surface area contributed by atoms with E-state index in [2.05, 4.69) is 13.8 Å². The molecule has 0 aliphatic carbocycles. The number of aromatic hydroxyl groups is 1. The highest BCUT2D eigenvalue weighted by Gasteiger charge is 2.48. The van der Waals surface area contributed by atoms with Gasteiger partial charge in [0, 0.05) is 0 Å². The molecule has 5 atom stereocenters. The lowest BCUT2D eigenvalue weighted by Crippen LogP contribution is -2.61. The molecule has 1 aliphatic heterocycles. The van der Waals surface area contributed by atoms with E-state index in [0.29, 0.717) is 5.75 Å². The molecule has 2 aromatic carbocycles. The van der Waals surface area contributed by atoms with Crippen molar-refractivity contribution < 1.29 is 39.8 Å². The van der Waals surface area contributed by atoms with Crippen LogP contribution in [0.2, 0.25) is 0 Å². The molecule has 8 heteroatoms. The van der Waals surface area contributed by atoms with Crippen LogP contribution in [-0.4, -0.2) is 62.2 Å². The Morgan fingerprint density at radius 1 is 0.844 bits per heavy atom. The van der Waals surface area contributed by atoms with E-state index in [9.17, 15) is 25.2 Å². The summed E-state index contributed by atoms with van der Waals surface area (Å²) in [5.74, 6) is -0.950. The van der Waals surface area contributed by atoms with Crippen LogP contribution in [0.5, 0.6) is 11.5 Å². The Bertz CT molecular complexity index is 951. The van der Waals surface area contributed by atoms with Gasteiger partial charge in [-0.15, -0.1) is 0 Å². The number of aliphatic hydroxyl groups excluding tert-OH is 3. The Morgan fingerprint density at radius 3 is 1.81 bits per heavy atom. The van der Waals surface area contributed by atoms with Crippen LogP contribution in [0.1, 0.15) is 37.8 Å². The maximum absolute atomic E-state index is 11.2. The van der Waals surface area contributed by atoms with Gasteiger partial charge in [-0.2, -0.15) is 0 Å². The highest BCUT2D eigenvalue weighted by molar-refractivity contribution is 5.90. The standard InChI is InChI=1S/C24H28O8/c1-3-17(13-5-9-15(25)10-6-13)18(4-2)14-7-11-16(12-8-14)31-24-21(28)19(26)20(27)22(32-24)23(29)30/h5-12,19-22,24-28H,3-4H2,1-2H3,(H,29,30)/b18-17-/t19-,20-,21+,22-,24+/m0/s1. The second-order valence-corrected chi connectivity index (χ2v) is 7.59. The van der Waals surface area contributed by atoms with Gasteiger partial charge in [-0.05, 0) is 59.4 Å². The van der Waals surface area contributed by atoms with Gasteiger partial charge in [0.25, 0.3) is 0 Å². The first kappa shape index (κ1) is 23.7. The topological polar surface area (TPSA) is 137 Å². The number of hydrogen-bond acceptors (Lipinski definition) is 7. The van der Waals surface area contributed by atoms with Crippen LogP contribution in [0.15, 0.2) is 48.5 Å². The minimum Gasteiger partial charge on any atom is -0.508 e. The minimum atomic E-state index is -1.77. The Hall–Kier alpha value is -2.91. The van der Waals surface area contributed by atoms with E-state index >= 15 is 0 Å². The number of carboxylic acid groups (broad SMARTS) is 1. The minimum absolute atomic E-state index is 0.207. The second kappa shape index (κ2) is 10.1. The number of allylic oxidation sites excluding steroid dienone is 2. The molecule has 3 rings (SSSR count). The predicted octanol–water partition coefficient (Wildman–Crippen LogP) is 2.39. The molecule has 5 N–H and O–H groups in total. The molecule has 0 unspecified atom stereocenters. The van der Waals surface area contributed by atoms with Crippen LogP contribution in [-0.2, 0) is 9.53 Å². The lowest BCUT2D eigenvalue weighted by molar-refractivity contribution is -0.271. The number of ether oxygens (including phenoxy) is 2. The maximum atomic E-state index is 11.2. The fraction of sp³-hybridized carbons (Fsp3) is 0.375. The largest absolute Gasteiger partial charge is 0.508 e. The number of rotatable bonds is 7. The Kier molecular flexibility index (Phi) is 7.52. The first-order chi connectivity index (χ1) is 15.3. The normalized spacial score (nSPS) is 26.3. The first-order valence-corrected chi connectivity index (χ1v) is 10.5. The molecule has 1 aliphatic rings. The van der Waals surface area contributed by atoms with Gasteiger partial charge in [-0.1, -0.05) is 38.1 Å². The Balaban J connectivity index is 1.83. The van der Waals surface area contributed by atoms with Gasteiger partial charge in [0.05, 0.1) is 0 Å². The molecule has 0 radical (unpaired) electrons. The van der Waals surface area contributed by atoms with Gasteiger partial charge in [-0.25, -0.2) is 4.79 Å². The highest BCUT2D eigenvalue weighted by Crippen LogP contribution is 2.33. The van der Waals surface area contributed by atoms with Crippen molar-refractivity contribution in [2.75, 3.05) is 0 Å². The van der Waals surface area contributed by atoms with Gasteiger partial charge in [0.1, 0.15) is 29.8 Å². The average Bonchev–Trinajstić information content (AvgIpc) is 2.79. The summed E-state index contributed by atoms with van der Waals surface area (Å²) in [6.07, 6.45) is -6.71. The molecule has 0 bridgehead atoms. The molecule has 1 saturated heterocycles. The molecule has 0 saturated carbocycles. The van der Waals surface area contributed by atoms with Crippen molar-refractivity contribution in [1.29, 1.82) is 0 Å². The van der Waals surface area contributed by atoms with Crippen LogP contribution < -0.4 is 4.74 Å². The third-order valence-electron chi connectivity index (χ3n) is 5.56. The zero-order valence-electron chi connectivity index (χ0n) is 17.9. The highest BCUT2D eigenvalue weighted by atomic mass is 16.7. The second-order valence-electron chi connectivity index (χ2n) is 7.59. The SMILES string of the molecule is CC/C(=C(\CC)c1ccc(O[C@@H]2O[C@H](C(=O)O)[C@@H](O)[C@H](O)[C@H]2O)cc1)c1ccc(O)cc1. The summed E-state index contributed by atoms with van der Waals surface area (Å²) in [6.45, 7) is 4.12. The molecule has 32 heavy (non-hydrogen) atoms. The van der Waals surface area contributed by atoms with Gasteiger partial charge in [0.2, 0.25) is 6.29 Å². The summed E-state index contributed by atoms with van der Waals surface area (Å²) in [5.41, 5.74) is 4.26. The number of carboxylic acids is 1. The Labute approximate surface area is 186 Å². The fourth-order valence-electron chi connectivity index (χ4n) is 3.86. The third-order valence-corrected chi connectivity index (χ3v) is 5.56. The molecular weight excluding hydrogens is 416 g/mol. The summed E-state index contributed by atoms with van der Waals surface area (Å²) >= 11 is 0. The summed E-state index contributed by atoms with van der Waals surface area (Å²) in [4.78, 5) is 11.2. The van der Waals surface area contributed by atoms with Gasteiger partial charge in [-0.3, -0.25) is 0 Å². The molecule has 0 spiro atoms. The monoisotopic (exact) mass is 444 g/mol. The molecule has 172 valence electrons. The lowest BCUT2D eigenvalue weighted by Gasteiger charge is -2.38. The zero-order valence-corrected chi connectivity index (χ0v) is 17.9. The van der Waals surface area contributed by atoms with Crippen molar-refractivity contribution in [1.82, 2.24) is 0 Å². The van der Waals surface area contributed by atoms with E-state index in [0.717, 1.165) is 35.1 Å². The zero-order chi connectivity index (χ0) is 23.4. The maximum Gasteiger partial charge on any atom is 0.335 e. The van der Waals surface area contributed by atoms with Gasteiger partial charge < -0.3 is 35.0 Å². The van der Waals surface area contributed by atoms with E-state index in [1.165, 1.54) is 0 Å². The number of benzene rings is 2. The number of phenols is 1. The summed E-state index contributed by atoms with van der Waals surface area (Å²) in [6, 6.07) is 14.1. The summed E-state index contributed by atoms with van der Waals surface area (Å²) in [7, 11) is 0. The summed E-state index contributed by atoms with van der Waals surface area (Å²) in [5, 5.41) is 48.6. The fourth-order valence-corrected chi connectivity index (χ4v) is 3.86. The quantitative estimate of drug-likeness (QED) is 0.411. The number of carbonyl (C=O) groups is 1. The predicted molar refractivity (Wildman–Crippen MR) is 117 cm³/mol. The smallest absolute Gasteiger partial charge is 0.335 e. The van der Waals surface area contributed by atoms with Crippen LogP contribution in [0.25, 0.3) is 11.1 Å². The van der Waals surface area contributed by atoms with E-state index in [1.54, 1.807) is 24.3 Å². The molecule has 1 heterocycles. The van der Waals surface area contributed by atoms with E-state index < -0.39 is 36.7 Å². The number of aliphatic hydroxyl groups is 3. The van der Waals surface area contributed by atoms with Gasteiger partial charge >= 0.3 is 5.97 Å². The molecule has 0 amide bonds. The van der Waals surface area contributed by atoms with Crippen molar-refractivity contribution in [3.8, 4) is 11.5 Å². The molecule has 8 nitrogen and oxygen atoms in total. The van der Waals surface area contributed by atoms with Crippen molar-refractivity contribution in [3.63, 3.8) is 0 Å². The molecule has 2 aromatic rings. The van der Waals surface area contributed by atoms with Crippen LogP contribution in [0, 0.1) is 0 Å². The van der Waals surface area contributed by atoms with E-state index in [-0.39, 0.29) is 5.75 Å². The average molecular weight is 444 g/mol. The molecule has 0 aromatic heterocycles. The third kappa shape index (κ3) is 4.94. The van der Waals surface area contributed by atoms with Crippen molar-refractivity contribution in [3.05, 3.63) is 59.7 Å². The molecule has 1 fully saturated rings. The van der Waals surface area contributed by atoms with Crippen LogP contribution in [0.3, 0.4) is 0 Å². The number of phenolic OH excluding ortho intramolecular Hbond substituents is 1. The molecular formula is C24H28O8. The van der Waals surface area contributed by atoms with Crippen LogP contribution in [0.4, 0.5) is 0 Å². The van der Waals surface area contributed by atoms with E-state index in [4.69, 9.17) is 14.6 Å². The van der Waals surface area contributed by atoms with Gasteiger partial charge in [0.15, 0.2) is 6.10 Å². The van der Waals surface area contributed by atoms with Crippen molar-refractivity contribution in [2.24, 2.45) is 0 Å². The van der Waals surface area contributed by atoms with Crippen molar-refractivity contribution >= 4 is 17.1 Å². The van der Waals surface area contributed by atoms with Crippen molar-refractivity contribution in [2.45, 2.75) is 57.4 Å². The Morgan fingerprint density at radius 2 is 1.34 bits per heavy atom. The summed E-state index contributed by atoms with van der Waals surface area (Å²) < 4.78 is 10.7. The van der Waals surface area contributed by atoms with Crippen LogP contribution >= 0.6 is 0 Å². The lowest BCUT2D eigenvalue weighted by atomic mass is 9.91. The number of aliphatic carboxylic acids is 1. The number of hydrogen-bond donors (Lipinski definition) is 5. The first-order valence-electron chi connectivity index (χ1n) is 10.5.